The molecule has 0 bridgehead atoms. The maximum Gasteiger partial charge on any atom is 0.181 e. The van der Waals surface area contributed by atoms with Gasteiger partial charge in [-0.3, -0.25) is 5.43 Å². The van der Waals surface area contributed by atoms with Crippen molar-refractivity contribution in [3.8, 4) is 5.75 Å². The van der Waals surface area contributed by atoms with Crippen LogP contribution >= 0.6 is 12.2 Å². The number of ether oxygens (including phenoxy) is 2. The molecule has 0 radical (unpaired) electrons. The summed E-state index contributed by atoms with van der Waals surface area (Å²) in [6.07, 6.45) is 0.926. The van der Waals surface area contributed by atoms with E-state index in [-0.39, 0.29) is 0 Å². The summed E-state index contributed by atoms with van der Waals surface area (Å²) < 4.78 is 10.4. The number of nitrogens with one attached hydrogen (secondary N) is 2. The van der Waals surface area contributed by atoms with E-state index >= 15 is 0 Å². The Kier molecular flexibility index (Phi) is 6.04. The second-order valence-corrected chi connectivity index (χ2v) is 4.97. The summed E-state index contributed by atoms with van der Waals surface area (Å²) in [4.78, 5) is 0. The lowest BCUT2D eigenvalue weighted by Crippen LogP contribution is -2.51. The minimum absolute atomic E-state index is 0.667. The van der Waals surface area contributed by atoms with Gasteiger partial charge in [-0.15, -0.1) is 0 Å². The number of benzene rings is 1. The van der Waals surface area contributed by atoms with E-state index in [1.54, 1.807) is 7.11 Å². The van der Waals surface area contributed by atoms with Crippen LogP contribution in [0.25, 0.3) is 0 Å². The van der Waals surface area contributed by atoms with Crippen molar-refractivity contribution in [2.45, 2.75) is 6.42 Å². The summed E-state index contributed by atoms with van der Waals surface area (Å²) in [6.45, 7) is 4.03. The molecule has 1 aliphatic heterocycles. The Morgan fingerprint density at radius 2 is 2.00 bits per heavy atom. The average molecular weight is 295 g/mol. The van der Waals surface area contributed by atoms with Crippen LogP contribution in [0.5, 0.6) is 5.75 Å². The molecular formula is C14H21N3O2S. The molecule has 0 saturated carbocycles. The van der Waals surface area contributed by atoms with Crippen molar-refractivity contribution in [3.05, 3.63) is 29.8 Å². The van der Waals surface area contributed by atoms with Crippen LogP contribution in [0.2, 0.25) is 0 Å². The highest BCUT2D eigenvalue weighted by Gasteiger charge is 2.10. The summed E-state index contributed by atoms with van der Waals surface area (Å²) in [6, 6.07) is 8.08. The molecule has 1 heterocycles. The maximum absolute atomic E-state index is 5.28. The van der Waals surface area contributed by atoms with E-state index in [9.17, 15) is 0 Å². The number of hydrazine groups is 1. The number of hydrogen-bond acceptors (Lipinski definition) is 4. The van der Waals surface area contributed by atoms with Crippen molar-refractivity contribution in [2.24, 2.45) is 0 Å². The Bertz CT molecular complexity index is 419. The summed E-state index contributed by atoms with van der Waals surface area (Å²) in [5.74, 6) is 0.881. The van der Waals surface area contributed by atoms with Crippen molar-refractivity contribution in [3.63, 3.8) is 0 Å². The molecule has 6 heteroatoms. The number of morpholine rings is 1. The number of hydrogen-bond donors (Lipinski definition) is 2. The fourth-order valence-corrected chi connectivity index (χ4v) is 2.20. The molecule has 2 N–H and O–H groups in total. The highest BCUT2D eigenvalue weighted by molar-refractivity contribution is 7.80. The Labute approximate surface area is 125 Å². The van der Waals surface area contributed by atoms with Gasteiger partial charge in [0.15, 0.2) is 5.11 Å². The quantitative estimate of drug-likeness (QED) is 0.789. The molecule has 2 rings (SSSR count). The van der Waals surface area contributed by atoms with Crippen LogP contribution in [0, 0.1) is 0 Å². The first kappa shape index (κ1) is 15.0. The monoisotopic (exact) mass is 295 g/mol. The van der Waals surface area contributed by atoms with Gasteiger partial charge in [-0.1, -0.05) is 12.1 Å². The molecule has 0 amide bonds. The van der Waals surface area contributed by atoms with Gasteiger partial charge in [0, 0.05) is 19.6 Å². The zero-order valence-electron chi connectivity index (χ0n) is 11.7. The zero-order valence-corrected chi connectivity index (χ0v) is 12.5. The first-order valence-electron chi connectivity index (χ1n) is 6.78. The van der Waals surface area contributed by atoms with Gasteiger partial charge < -0.3 is 14.8 Å². The smallest absolute Gasteiger partial charge is 0.181 e. The Morgan fingerprint density at radius 3 is 2.65 bits per heavy atom. The molecule has 20 heavy (non-hydrogen) atoms. The lowest BCUT2D eigenvalue weighted by atomic mass is 10.1. The van der Waals surface area contributed by atoms with Gasteiger partial charge in [0.2, 0.25) is 0 Å². The second kappa shape index (κ2) is 8.04. The molecular weight excluding hydrogens is 274 g/mol. The van der Waals surface area contributed by atoms with Crippen LogP contribution in [0.15, 0.2) is 24.3 Å². The normalized spacial score (nSPS) is 15.7. The number of thiocarbonyl (C=S) groups is 1. The highest BCUT2D eigenvalue weighted by Crippen LogP contribution is 2.11. The Hall–Kier alpha value is -1.37. The lowest BCUT2D eigenvalue weighted by molar-refractivity contribution is 0.0247. The molecule has 1 saturated heterocycles. The van der Waals surface area contributed by atoms with Gasteiger partial charge >= 0.3 is 0 Å². The molecule has 0 atom stereocenters. The van der Waals surface area contributed by atoms with Crippen molar-refractivity contribution < 1.29 is 9.47 Å². The first-order chi connectivity index (χ1) is 9.78. The van der Waals surface area contributed by atoms with Gasteiger partial charge in [-0.2, -0.15) is 0 Å². The predicted molar refractivity (Wildman–Crippen MR) is 82.8 cm³/mol. The second-order valence-electron chi connectivity index (χ2n) is 4.57. The molecule has 0 unspecified atom stereocenters. The summed E-state index contributed by atoms with van der Waals surface area (Å²) in [5, 5.41) is 5.96. The SMILES string of the molecule is COc1ccc(CCNC(=S)NN2CCOCC2)cc1. The van der Waals surface area contributed by atoms with E-state index in [1.807, 2.05) is 12.1 Å². The first-order valence-corrected chi connectivity index (χ1v) is 7.19. The third kappa shape index (κ3) is 4.96. The van der Waals surface area contributed by atoms with E-state index in [0.717, 1.165) is 45.0 Å². The van der Waals surface area contributed by atoms with E-state index in [2.05, 4.69) is 27.9 Å². The fraction of sp³-hybridized carbons (Fsp3) is 0.500. The molecule has 1 aromatic carbocycles. The van der Waals surface area contributed by atoms with Crippen LogP contribution in [0.3, 0.4) is 0 Å². The van der Waals surface area contributed by atoms with Gasteiger partial charge in [0.1, 0.15) is 5.75 Å². The molecule has 0 spiro atoms. The summed E-state index contributed by atoms with van der Waals surface area (Å²) in [5.41, 5.74) is 4.43. The minimum atomic E-state index is 0.667. The van der Waals surface area contributed by atoms with E-state index in [0.29, 0.717) is 5.11 Å². The highest BCUT2D eigenvalue weighted by atomic mass is 32.1. The third-order valence-electron chi connectivity index (χ3n) is 3.13. The van der Waals surface area contributed by atoms with E-state index < -0.39 is 0 Å². The van der Waals surface area contributed by atoms with Gasteiger partial charge in [0.25, 0.3) is 0 Å². The maximum atomic E-state index is 5.28. The van der Waals surface area contributed by atoms with E-state index in [1.165, 1.54) is 5.56 Å². The topological polar surface area (TPSA) is 45.8 Å². The molecule has 110 valence electrons. The van der Waals surface area contributed by atoms with Gasteiger partial charge in [-0.05, 0) is 36.3 Å². The molecule has 0 aromatic heterocycles. The molecule has 5 nitrogen and oxygen atoms in total. The van der Waals surface area contributed by atoms with Crippen LogP contribution in [0.1, 0.15) is 5.56 Å². The number of rotatable bonds is 5. The molecule has 1 aliphatic rings. The van der Waals surface area contributed by atoms with Crippen molar-refractivity contribution >= 4 is 17.3 Å². The average Bonchev–Trinajstić information content (AvgIpc) is 2.49. The Morgan fingerprint density at radius 1 is 1.30 bits per heavy atom. The summed E-state index contributed by atoms with van der Waals surface area (Å²) in [7, 11) is 1.67. The zero-order chi connectivity index (χ0) is 14.2. The van der Waals surface area contributed by atoms with Crippen molar-refractivity contribution in [1.29, 1.82) is 0 Å². The number of nitrogens with zero attached hydrogens (tertiary/aromatic N) is 1. The van der Waals surface area contributed by atoms with E-state index in [4.69, 9.17) is 21.7 Å². The van der Waals surface area contributed by atoms with Gasteiger partial charge in [-0.25, -0.2) is 5.01 Å². The van der Waals surface area contributed by atoms with Crippen LogP contribution < -0.4 is 15.5 Å². The third-order valence-corrected chi connectivity index (χ3v) is 3.36. The van der Waals surface area contributed by atoms with Gasteiger partial charge in [0.05, 0.1) is 20.3 Å². The molecule has 1 fully saturated rings. The number of methoxy groups -OCH3 is 1. The minimum Gasteiger partial charge on any atom is -0.497 e. The Balaban J connectivity index is 1.65. The fourth-order valence-electron chi connectivity index (χ4n) is 1.97. The largest absolute Gasteiger partial charge is 0.497 e. The standard InChI is InChI=1S/C14H21N3O2S/c1-18-13-4-2-12(3-5-13)6-7-15-14(20)16-17-8-10-19-11-9-17/h2-5H,6-11H2,1H3,(H2,15,16,20). The van der Waals surface area contributed by atoms with Crippen molar-refractivity contribution in [2.75, 3.05) is 40.0 Å². The molecule has 1 aromatic rings. The summed E-state index contributed by atoms with van der Waals surface area (Å²) >= 11 is 5.27. The van der Waals surface area contributed by atoms with Crippen molar-refractivity contribution in [1.82, 2.24) is 15.8 Å². The predicted octanol–water partition coefficient (Wildman–Crippen LogP) is 0.949. The molecule has 0 aliphatic carbocycles. The van der Waals surface area contributed by atoms with Crippen LogP contribution in [-0.2, 0) is 11.2 Å². The lowest BCUT2D eigenvalue weighted by Gasteiger charge is -2.28. The van der Waals surface area contributed by atoms with Crippen LogP contribution in [0.4, 0.5) is 0 Å². The van der Waals surface area contributed by atoms with Crippen LogP contribution in [-0.4, -0.2) is 50.1 Å².